The predicted molar refractivity (Wildman–Crippen MR) is 140 cm³/mol. The Bertz CT molecular complexity index is 1320. The van der Waals surface area contributed by atoms with Gasteiger partial charge in [-0.15, -0.1) is 0 Å². The van der Waals surface area contributed by atoms with Crippen LogP contribution < -0.4 is 10.6 Å². The Hall–Kier alpha value is -3.94. The van der Waals surface area contributed by atoms with Gasteiger partial charge in [-0.25, -0.2) is 4.98 Å². The van der Waals surface area contributed by atoms with Crippen molar-refractivity contribution in [2.45, 2.75) is 64.7 Å². The third-order valence-electron chi connectivity index (χ3n) is 7.28. The predicted octanol–water partition coefficient (Wildman–Crippen LogP) is 3.17. The van der Waals surface area contributed by atoms with Gasteiger partial charge in [-0.05, 0) is 51.2 Å². The minimum atomic E-state index is -1.07. The summed E-state index contributed by atoms with van der Waals surface area (Å²) in [7, 11) is 0. The molecule has 2 N–H and O–H groups in total. The largest absolute Gasteiger partial charge is 0.350 e. The first kappa shape index (κ1) is 24.7. The zero-order valence-electron chi connectivity index (χ0n) is 21.6. The van der Waals surface area contributed by atoms with E-state index in [0.717, 1.165) is 29.5 Å². The Labute approximate surface area is 217 Å². The highest BCUT2D eigenvalue weighted by Crippen LogP contribution is 2.38. The van der Waals surface area contributed by atoms with Crippen LogP contribution in [-0.4, -0.2) is 50.3 Å². The molecule has 8 nitrogen and oxygen atoms in total. The van der Waals surface area contributed by atoms with Crippen LogP contribution in [0.25, 0.3) is 0 Å². The number of nitrogens with one attached hydrogen (secondary N) is 2. The Morgan fingerprint density at radius 3 is 2.22 bits per heavy atom. The minimum absolute atomic E-state index is 0.0104. The van der Waals surface area contributed by atoms with Crippen LogP contribution in [0.4, 0.5) is 0 Å². The van der Waals surface area contributed by atoms with E-state index in [1.54, 1.807) is 16.4 Å². The molecule has 1 aliphatic heterocycles. The second-order valence-electron chi connectivity index (χ2n) is 10.4. The number of rotatable bonds is 8. The summed E-state index contributed by atoms with van der Waals surface area (Å²) in [4.78, 5) is 46.2. The molecule has 0 saturated heterocycles. The first-order valence-corrected chi connectivity index (χ1v) is 12.8. The fourth-order valence-corrected chi connectivity index (χ4v) is 4.96. The van der Waals surface area contributed by atoms with Crippen LogP contribution in [0.15, 0.2) is 54.9 Å². The van der Waals surface area contributed by atoms with Gasteiger partial charge in [-0.3, -0.25) is 14.4 Å². The van der Waals surface area contributed by atoms with Crippen LogP contribution in [0.5, 0.6) is 0 Å². The Morgan fingerprint density at radius 2 is 1.59 bits per heavy atom. The van der Waals surface area contributed by atoms with E-state index in [9.17, 15) is 14.4 Å². The molecule has 1 fully saturated rings. The Kier molecular flexibility index (Phi) is 6.58. The maximum absolute atomic E-state index is 13.7. The van der Waals surface area contributed by atoms with Crippen molar-refractivity contribution in [3.05, 3.63) is 88.5 Å². The molecule has 5 rings (SSSR count). The van der Waals surface area contributed by atoms with Gasteiger partial charge in [0.15, 0.2) is 5.69 Å². The van der Waals surface area contributed by atoms with Crippen LogP contribution >= 0.6 is 0 Å². The highest BCUT2D eigenvalue weighted by Gasteiger charge is 2.53. The van der Waals surface area contributed by atoms with Crippen LogP contribution in [0.1, 0.15) is 63.0 Å². The molecule has 1 aliphatic carbocycles. The lowest BCUT2D eigenvalue weighted by molar-refractivity contribution is -0.133. The molecule has 1 atom stereocenters. The standard InChI is InChI=1S/C29H33N5O3/c1-19-4-8-21(9-5-19)14-15-30-26(35)24-25-27(36)34(23-12-13-23)29(3,17-33(25)18-32-24)28(37)31-16-22-10-6-20(2)7-11-22/h4-11,18,23H,12-17H2,1-3H3,(H,30,35)(H,31,37)/t29-/m1/s1. The molecule has 1 aromatic heterocycles. The molecule has 2 aliphatic rings. The maximum atomic E-state index is 13.7. The monoisotopic (exact) mass is 499 g/mol. The lowest BCUT2D eigenvalue weighted by atomic mass is 9.93. The average molecular weight is 500 g/mol. The van der Waals surface area contributed by atoms with Crippen LogP contribution in [-0.2, 0) is 24.3 Å². The average Bonchev–Trinajstić information content (AvgIpc) is 3.62. The summed E-state index contributed by atoms with van der Waals surface area (Å²) < 4.78 is 1.65. The number of aryl methyl sites for hydroxylation is 2. The summed E-state index contributed by atoms with van der Waals surface area (Å²) in [6.45, 7) is 6.92. The van der Waals surface area contributed by atoms with Crippen molar-refractivity contribution in [2.75, 3.05) is 6.54 Å². The zero-order chi connectivity index (χ0) is 26.2. The molecule has 0 bridgehead atoms. The molecule has 8 heteroatoms. The number of aromatic nitrogens is 2. The fourth-order valence-electron chi connectivity index (χ4n) is 4.96. The molecule has 37 heavy (non-hydrogen) atoms. The lowest BCUT2D eigenvalue weighted by Crippen LogP contribution is -2.64. The minimum Gasteiger partial charge on any atom is -0.350 e. The molecule has 0 radical (unpaired) electrons. The van der Waals surface area contributed by atoms with Crippen molar-refractivity contribution in [1.29, 1.82) is 0 Å². The third kappa shape index (κ3) is 5.01. The number of hydrogen-bond donors (Lipinski definition) is 2. The van der Waals surface area contributed by atoms with Gasteiger partial charge < -0.3 is 20.1 Å². The summed E-state index contributed by atoms with van der Waals surface area (Å²) in [5.74, 6) is -0.905. The van der Waals surface area contributed by atoms with E-state index in [4.69, 9.17) is 0 Å². The summed E-state index contributed by atoms with van der Waals surface area (Å²) in [5, 5.41) is 5.92. The van der Waals surface area contributed by atoms with Gasteiger partial charge in [0, 0.05) is 19.1 Å². The first-order valence-electron chi connectivity index (χ1n) is 12.8. The molecule has 3 amide bonds. The van der Waals surface area contributed by atoms with Gasteiger partial charge in [0.2, 0.25) is 5.91 Å². The smallest absolute Gasteiger partial charge is 0.274 e. The van der Waals surface area contributed by atoms with Crippen molar-refractivity contribution in [3.63, 3.8) is 0 Å². The van der Waals surface area contributed by atoms with Crippen molar-refractivity contribution >= 4 is 17.7 Å². The summed E-state index contributed by atoms with van der Waals surface area (Å²) in [5.41, 5.74) is 3.76. The number of amides is 3. The maximum Gasteiger partial charge on any atom is 0.274 e. The highest BCUT2D eigenvalue weighted by molar-refractivity contribution is 6.07. The first-order chi connectivity index (χ1) is 17.8. The Balaban J connectivity index is 1.31. The molecular weight excluding hydrogens is 466 g/mol. The van der Waals surface area contributed by atoms with Gasteiger partial charge in [-0.1, -0.05) is 59.7 Å². The van der Waals surface area contributed by atoms with E-state index in [1.807, 2.05) is 62.4 Å². The molecule has 1 saturated carbocycles. The van der Waals surface area contributed by atoms with Crippen LogP contribution in [0.2, 0.25) is 0 Å². The van der Waals surface area contributed by atoms with Gasteiger partial charge in [-0.2, -0.15) is 0 Å². The number of nitrogens with zero attached hydrogens (tertiary/aromatic N) is 3. The second kappa shape index (κ2) is 9.84. The van der Waals surface area contributed by atoms with Crippen molar-refractivity contribution in [1.82, 2.24) is 25.1 Å². The number of carbonyl (C=O) groups is 3. The molecule has 0 spiro atoms. The van der Waals surface area contributed by atoms with Gasteiger partial charge >= 0.3 is 0 Å². The summed E-state index contributed by atoms with van der Waals surface area (Å²) >= 11 is 0. The van der Waals surface area contributed by atoms with E-state index >= 15 is 0 Å². The molecule has 2 heterocycles. The topological polar surface area (TPSA) is 96.3 Å². The molecule has 192 valence electrons. The molecule has 2 aromatic carbocycles. The molecular formula is C29H33N5O3. The van der Waals surface area contributed by atoms with Crippen molar-refractivity contribution < 1.29 is 14.4 Å². The highest BCUT2D eigenvalue weighted by atomic mass is 16.2. The quantitative estimate of drug-likeness (QED) is 0.498. The SMILES string of the molecule is Cc1ccc(CCNC(=O)c2ncn3c2C(=O)N(C2CC2)[C@@](C)(C(=O)NCc2ccc(C)cc2)C3)cc1. The summed E-state index contributed by atoms with van der Waals surface area (Å²) in [6, 6.07) is 16.2. The van der Waals surface area contributed by atoms with E-state index < -0.39 is 5.54 Å². The number of benzene rings is 2. The van der Waals surface area contributed by atoms with Gasteiger partial charge in [0.1, 0.15) is 11.2 Å². The van der Waals surface area contributed by atoms with Crippen LogP contribution in [0.3, 0.4) is 0 Å². The number of carbonyl (C=O) groups excluding carboxylic acids is 3. The van der Waals surface area contributed by atoms with E-state index in [2.05, 4.69) is 15.6 Å². The second-order valence-corrected chi connectivity index (χ2v) is 10.4. The fraction of sp³-hybridized carbons (Fsp3) is 0.379. The summed E-state index contributed by atoms with van der Waals surface area (Å²) in [6.07, 6.45) is 3.87. The van der Waals surface area contributed by atoms with Crippen molar-refractivity contribution in [3.8, 4) is 0 Å². The Morgan fingerprint density at radius 1 is 0.973 bits per heavy atom. The van der Waals surface area contributed by atoms with Gasteiger partial charge in [0.05, 0.1) is 12.9 Å². The molecule has 0 unspecified atom stereocenters. The zero-order valence-corrected chi connectivity index (χ0v) is 21.6. The van der Waals surface area contributed by atoms with Crippen LogP contribution in [0, 0.1) is 13.8 Å². The number of imidazole rings is 1. The third-order valence-corrected chi connectivity index (χ3v) is 7.28. The van der Waals surface area contributed by atoms with Crippen molar-refractivity contribution in [2.24, 2.45) is 0 Å². The van der Waals surface area contributed by atoms with E-state index in [-0.39, 0.29) is 41.7 Å². The van der Waals surface area contributed by atoms with Gasteiger partial charge in [0.25, 0.3) is 11.8 Å². The van der Waals surface area contributed by atoms with E-state index in [0.29, 0.717) is 19.5 Å². The lowest BCUT2D eigenvalue weighted by Gasteiger charge is -2.44. The normalized spacial score (nSPS) is 18.9. The molecule has 3 aromatic rings. The van der Waals surface area contributed by atoms with E-state index in [1.165, 1.54) is 11.9 Å². The number of fused-ring (bicyclic) bond motifs is 1. The number of hydrogen-bond acceptors (Lipinski definition) is 4.